The zero-order chi connectivity index (χ0) is 19.0. The van der Waals surface area contributed by atoms with Crippen LogP contribution < -0.4 is 15.4 Å². The third kappa shape index (κ3) is 7.69. The smallest absolute Gasteiger partial charge is 0.335 e. The summed E-state index contributed by atoms with van der Waals surface area (Å²) < 4.78 is 5.60. The number of hydrogen-bond acceptors (Lipinski definition) is 4. The van der Waals surface area contributed by atoms with Crippen LogP contribution in [0, 0.1) is 0 Å². The van der Waals surface area contributed by atoms with E-state index in [1.165, 1.54) is 18.2 Å². The molecule has 0 heterocycles. The van der Waals surface area contributed by atoms with E-state index in [0.29, 0.717) is 17.9 Å². The van der Waals surface area contributed by atoms with Crippen LogP contribution in [0.5, 0.6) is 5.75 Å². The predicted molar refractivity (Wildman–Crippen MR) is 94.9 cm³/mol. The lowest BCUT2D eigenvalue weighted by Crippen LogP contribution is -2.30. The number of anilines is 1. The Morgan fingerprint density at radius 1 is 1.08 bits per heavy atom. The molecule has 1 rings (SSSR count). The van der Waals surface area contributed by atoms with Gasteiger partial charge in [-0.15, -0.1) is 0 Å². The summed E-state index contributed by atoms with van der Waals surface area (Å²) in [6, 6.07) is 4.38. The number of hydrogen-bond donors (Lipinski definition) is 3. The third-order valence-corrected chi connectivity index (χ3v) is 3.12. The van der Waals surface area contributed by atoms with Gasteiger partial charge in [0.05, 0.1) is 17.4 Å². The minimum Gasteiger partial charge on any atom is -0.489 e. The fraction of sp³-hybridized carbons (Fsp3) is 0.500. The van der Waals surface area contributed by atoms with E-state index in [2.05, 4.69) is 10.6 Å². The second kappa shape index (κ2) is 9.66. The van der Waals surface area contributed by atoms with Crippen molar-refractivity contribution in [2.75, 3.05) is 5.32 Å². The highest BCUT2D eigenvalue weighted by Gasteiger charge is 2.14. The summed E-state index contributed by atoms with van der Waals surface area (Å²) in [7, 11) is 0. The second-order valence-corrected chi connectivity index (χ2v) is 6.31. The van der Waals surface area contributed by atoms with Crippen molar-refractivity contribution in [3.05, 3.63) is 23.8 Å². The zero-order valence-corrected chi connectivity index (χ0v) is 15.1. The van der Waals surface area contributed by atoms with E-state index in [1.54, 1.807) is 0 Å². The molecule has 0 fully saturated rings. The van der Waals surface area contributed by atoms with Crippen molar-refractivity contribution in [2.24, 2.45) is 0 Å². The lowest BCUT2D eigenvalue weighted by atomic mass is 10.1. The van der Waals surface area contributed by atoms with Crippen LogP contribution in [0.25, 0.3) is 0 Å². The molecular weight excluding hydrogens is 324 g/mol. The van der Waals surface area contributed by atoms with E-state index < -0.39 is 5.97 Å². The summed E-state index contributed by atoms with van der Waals surface area (Å²) in [5, 5.41) is 14.5. The van der Waals surface area contributed by atoms with Crippen molar-refractivity contribution in [1.82, 2.24) is 5.32 Å². The van der Waals surface area contributed by atoms with Gasteiger partial charge in [-0.3, -0.25) is 9.59 Å². The average molecular weight is 350 g/mol. The Bertz CT molecular complexity index is 626. The molecule has 0 aliphatic heterocycles. The van der Waals surface area contributed by atoms with Gasteiger partial charge in [-0.05, 0) is 52.3 Å². The first-order valence-electron chi connectivity index (χ1n) is 8.32. The van der Waals surface area contributed by atoms with Gasteiger partial charge in [0.15, 0.2) is 0 Å². The highest BCUT2D eigenvalue weighted by Crippen LogP contribution is 2.27. The molecule has 0 saturated carbocycles. The van der Waals surface area contributed by atoms with Gasteiger partial charge >= 0.3 is 5.97 Å². The van der Waals surface area contributed by atoms with Gasteiger partial charge < -0.3 is 20.5 Å². The van der Waals surface area contributed by atoms with Gasteiger partial charge in [0, 0.05) is 18.9 Å². The number of carboxylic acid groups (broad SMARTS) is 1. The molecule has 7 heteroatoms. The van der Waals surface area contributed by atoms with Crippen molar-refractivity contribution in [1.29, 1.82) is 0 Å². The summed E-state index contributed by atoms with van der Waals surface area (Å²) >= 11 is 0. The largest absolute Gasteiger partial charge is 0.489 e. The molecule has 0 aliphatic carbocycles. The predicted octanol–water partition coefficient (Wildman–Crippen LogP) is 2.81. The van der Waals surface area contributed by atoms with E-state index in [4.69, 9.17) is 9.84 Å². The molecule has 1 aromatic carbocycles. The van der Waals surface area contributed by atoms with Crippen LogP contribution in [0.15, 0.2) is 18.2 Å². The Morgan fingerprint density at radius 3 is 2.28 bits per heavy atom. The first-order valence-corrected chi connectivity index (χ1v) is 8.32. The Kier molecular flexibility index (Phi) is 7.91. The van der Waals surface area contributed by atoms with E-state index in [0.717, 1.165) is 0 Å². The summed E-state index contributed by atoms with van der Waals surface area (Å²) in [5.41, 5.74) is 0.368. The lowest BCUT2D eigenvalue weighted by Gasteiger charge is -2.15. The SMILES string of the molecule is CC(C)NC(=O)CCCC(=O)Nc1cc(C(=O)O)ccc1OC(C)C. The molecule has 0 radical (unpaired) electrons. The van der Waals surface area contributed by atoms with E-state index >= 15 is 0 Å². The van der Waals surface area contributed by atoms with Gasteiger partial charge in [-0.2, -0.15) is 0 Å². The normalized spacial score (nSPS) is 10.6. The quantitative estimate of drug-likeness (QED) is 0.635. The van der Waals surface area contributed by atoms with Crippen LogP contribution >= 0.6 is 0 Å². The van der Waals surface area contributed by atoms with Gasteiger partial charge in [-0.1, -0.05) is 0 Å². The Morgan fingerprint density at radius 2 is 1.72 bits per heavy atom. The molecule has 1 aromatic rings. The molecule has 2 amide bonds. The van der Waals surface area contributed by atoms with Gasteiger partial charge in [0.1, 0.15) is 5.75 Å². The molecule has 0 spiro atoms. The maximum absolute atomic E-state index is 12.1. The number of rotatable bonds is 9. The fourth-order valence-electron chi connectivity index (χ4n) is 2.13. The van der Waals surface area contributed by atoms with Gasteiger partial charge in [0.25, 0.3) is 0 Å². The van der Waals surface area contributed by atoms with Crippen molar-refractivity contribution in [3.63, 3.8) is 0 Å². The highest BCUT2D eigenvalue weighted by molar-refractivity contribution is 5.95. The Labute approximate surface area is 147 Å². The number of aromatic carboxylic acids is 1. The maximum Gasteiger partial charge on any atom is 0.335 e. The van der Waals surface area contributed by atoms with Crippen LogP contribution in [0.2, 0.25) is 0 Å². The summed E-state index contributed by atoms with van der Waals surface area (Å²) in [4.78, 5) is 34.8. The molecule has 7 nitrogen and oxygen atoms in total. The molecule has 0 bridgehead atoms. The molecular formula is C18H26N2O5. The van der Waals surface area contributed by atoms with Crippen molar-refractivity contribution in [3.8, 4) is 5.75 Å². The topological polar surface area (TPSA) is 105 Å². The van der Waals surface area contributed by atoms with E-state index in [9.17, 15) is 14.4 Å². The number of carbonyl (C=O) groups is 3. The number of benzene rings is 1. The van der Waals surface area contributed by atoms with E-state index in [-0.39, 0.29) is 42.4 Å². The number of amides is 2. The third-order valence-electron chi connectivity index (χ3n) is 3.12. The van der Waals surface area contributed by atoms with Gasteiger partial charge in [-0.25, -0.2) is 4.79 Å². The van der Waals surface area contributed by atoms with Crippen LogP contribution in [-0.2, 0) is 9.59 Å². The molecule has 138 valence electrons. The first-order chi connectivity index (χ1) is 11.7. The second-order valence-electron chi connectivity index (χ2n) is 6.31. The van der Waals surface area contributed by atoms with Crippen molar-refractivity contribution < 1.29 is 24.2 Å². The molecule has 25 heavy (non-hydrogen) atoms. The number of carboxylic acids is 1. The molecule has 0 aliphatic rings. The highest BCUT2D eigenvalue weighted by atomic mass is 16.5. The molecule has 0 saturated heterocycles. The Balaban J connectivity index is 2.69. The van der Waals surface area contributed by atoms with Crippen LogP contribution in [0.1, 0.15) is 57.3 Å². The molecule has 3 N–H and O–H groups in total. The monoisotopic (exact) mass is 350 g/mol. The molecule has 0 aromatic heterocycles. The number of carbonyl (C=O) groups excluding carboxylic acids is 2. The maximum atomic E-state index is 12.1. The summed E-state index contributed by atoms with van der Waals surface area (Å²) in [5.74, 6) is -1.07. The summed E-state index contributed by atoms with van der Waals surface area (Å²) in [6.45, 7) is 7.42. The molecule has 0 unspecified atom stereocenters. The minimum atomic E-state index is -1.09. The standard InChI is InChI=1S/C18H26N2O5/c1-11(2)19-16(21)6-5-7-17(22)20-14-10-13(18(23)24)8-9-15(14)25-12(3)4/h8-12H,5-7H2,1-4H3,(H,19,21)(H,20,22)(H,23,24). The zero-order valence-electron chi connectivity index (χ0n) is 15.1. The first kappa shape index (κ1) is 20.5. The van der Waals surface area contributed by atoms with Crippen LogP contribution in [0.4, 0.5) is 5.69 Å². The number of ether oxygens (including phenoxy) is 1. The van der Waals surface area contributed by atoms with Crippen LogP contribution in [0.3, 0.4) is 0 Å². The van der Waals surface area contributed by atoms with E-state index in [1.807, 2.05) is 27.7 Å². The van der Waals surface area contributed by atoms with Gasteiger partial charge in [0.2, 0.25) is 11.8 Å². The lowest BCUT2D eigenvalue weighted by molar-refractivity contribution is -0.121. The minimum absolute atomic E-state index is 0.0581. The van der Waals surface area contributed by atoms with Crippen molar-refractivity contribution >= 4 is 23.5 Å². The number of nitrogens with one attached hydrogen (secondary N) is 2. The average Bonchev–Trinajstić information content (AvgIpc) is 2.47. The fourth-order valence-corrected chi connectivity index (χ4v) is 2.13. The Hall–Kier alpha value is -2.57. The van der Waals surface area contributed by atoms with Crippen molar-refractivity contribution in [2.45, 2.75) is 59.1 Å². The summed E-state index contributed by atoms with van der Waals surface area (Å²) in [6.07, 6.45) is 0.703. The molecule has 0 atom stereocenters. The van der Waals surface area contributed by atoms with Crippen LogP contribution in [-0.4, -0.2) is 35.0 Å².